The summed E-state index contributed by atoms with van der Waals surface area (Å²) < 4.78 is 7.10. The largest absolute Gasteiger partial charge is 0.496 e. The summed E-state index contributed by atoms with van der Waals surface area (Å²) in [7, 11) is 1.61. The molecule has 2 aromatic carbocycles. The van der Waals surface area contributed by atoms with Gasteiger partial charge in [0.2, 0.25) is 0 Å². The van der Waals surface area contributed by atoms with Gasteiger partial charge in [-0.15, -0.1) is 0 Å². The number of anilines is 1. The van der Waals surface area contributed by atoms with Gasteiger partial charge in [0.25, 0.3) is 5.56 Å². The van der Waals surface area contributed by atoms with Gasteiger partial charge in [-0.05, 0) is 47.0 Å². The Morgan fingerprint density at radius 1 is 1.12 bits per heavy atom. The molecule has 1 heterocycles. The monoisotopic (exact) mass is 351 g/mol. The SMILES string of the molecule is COc1ccc(Cn2ccc(CN)cc2=O)cc1-c1cccc(NO)c1. The van der Waals surface area contributed by atoms with Crippen LogP contribution in [0, 0.1) is 0 Å². The fraction of sp³-hybridized carbons (Fsp3) is 0.150. The summed E-state index contributed by atoms with van der Waals surface area (Å²) in [6, 6.07) is 16.6. The third kappa shape index (κ3) is 3.77. The second-order valence-corrected chi connectivity index (χ2v) is 5.93. The van der Waals surface area contributed by atoms with Gasteiger partial charge >= 0.3 is 0 Å². The van der Waals surface area contributed by atoms with Crippen LogP contribution in [0.1, 0.15) is 11.1 Å². The van der Waals surface area contributed by atoms with Crippen LogP contribution >= 0.6 is 0 Å². The van der Waals surface area contributed by atoms with Gasteiger partial charge in [0.05, 0.1) is 19.3 Å². The molecule has 6 heteroatoms. The second kappa shape index (κ2) is 7.86. The van der Waals surface area contributed by atoms with E-state index in [1.807, 2.05) is 42.5 Å². The van der Waals surface area contributed by atoms with E-state index in [0.29, 0.717) is 18.8 Å². The second-order valence-electron chi connectivity index (χ2n) is 5.93. The number of methoxy groups -OCH3 is 1. The van der Waals surface area contributed by atoms with Crippen LogP contribution < -0.4 is 21.5 Å². The molecule has 0 radical (unpaired) electrons. The molecule has 4 N–H and O–H groups in total. The number of nitrogens with one attached hydrogen (secondary N) is 1. The molecule has 134 valence electrons. The molecule has 0 atom stereocenters. The third-order valence-corrected chi connectivity index (χ3v) is 4.22. The predicted octanol–water partition coefficient (Wildman–Crippen LogP) is 2.83. The van der Waals surface area contributed by atoms with Gasteiger partial charge in [-0.25, -0.2) is 0 Å². The number of pyridine rings is 1. The molecule has 0 spiro atoms. The van der Waals surface area contributed by atoms with E-state index in [-0.39, 0.29) is 5.56 Å². The fourth-order valence-corrected chi connectivity index (χ4v) is 2.84. The molecule has 0 aliphatic carbocycles. The molecule has 0 aliphatic rings. The zero-order valence-electron chi connectivity index (χ0n) is 14.5. The normalized spacial score (nSPS) is 10.6. The van der Waals surface area contributed by atoms with Crippen molar-refractivity contribution in [2.24, 2.45) is 5.73 Å². The summed E-state index contributed by atoms with van der Waals surface area (Å²) in [5, 5.41) is 9.13. The lowest BCUT2D eigenvalue weighted by Crippen LogP contribution is -2.20. The van der Waals surface area contributed by atoms with Crippen molar-refractivity contribution in [1.29, 1.82) is 0 Å². The molecule has 0 unspecified atom stereocenters. The number of hydrogen-bond acceptors (Lipinski definition) is 5. The number of rotatable bonds is 6. The molecule has 6 nitrogen and oxygen atoms in total. The minimum Gasteiger partial charge on any atom is -0.496 e. The van der Waals surface area contributed by atoms with E-state index in [1.165, 1.54) is 0 Å². The first-order chi connectivity index (χ1) is 12.6. The first-order valence-corrected chi connectivity index (χ1v) is 8.21. The summed E-state index contributed by atoms with van der Waals surface area (Å²) in [6.45, 7) is 0.788. The van der Waals surface area contributed by atoms with Crippen LogP contribution in [0.3, 0.4) is 0 Å². The zero-order valence-corrected chi connectivity index (χ0v) is 14.5. The number of benzene rings is 2. The number of nitrogens with zero attached hydrogens (tertiary/aromatic N) is 1. The van der Waals surface area contributed by atoms with Gasteiger partial charge in [0.1, 0.15) is 5.75 Å². The molecule has 0 saturated carbocycles. The maximum absolute atomic E-state index is 12.2. The average molecular weight is 351 g/mol. The smallest absolute Gasteiger partial charge is 0.251 e. The van der Waals surface area contributed by atoms with E-state index in [0.717, 1.165) is 28.0 Å². The van der Waals surface area contributed by atoms with Crippen LogP contribution in [0.5, 0.6) is 5.75 Å². The van der Waals surface area contributed by atoms with Gasteiger partial charge in [-0.2, -0.15) is 0 Å². The van der Waals surface area contributed by atoms with Crippen molar-refractivity contribution in [3.8, 4) is 16.9 Å². The maximum Gasteiger partial charge on any atom is 0.251 e. The zero-order chi connectivity index (χ0) is 18.5. The van der Waals surface area contributed by atoms with Crippen molar-refractivity contribution in [2.75, 3.05) is 12.6 Å². The minimum atomic E-state index is -0.0863. The quantitative estimate of drug-likeness (QED) is 0.594. The minimum absolute atomic E-state index is 0.0863. The predicted molar refractivity (Wildman–Crippen MR) is 102 cm³/mol. The van der Waals surface area contributed by atoms with Crippen LogP contribution in [-0.4, -0.2) is 16.9 Å². The molecule has 0 aliphatic heterocycles. The van der Waals surface area contributed by atoms with Crippen LogP contribution in [-0.2, 0) is 13.1 Å². The summed E-state index contributed by atoms with van der Waals surface area (Å²) in [5.74, 6) is 0.717. The summed E-state index contributed by atoms with van der Waals surface area (Å²) >= 11 is 0. The van der Waals surface area contributed by atoms with Gasteiger partial charge in [0.15, 0.2) is 0 Å². The van der Waals surface area contributed by atoms with Crippen molar-refractivity contribution in [1.82, 2.24) is 4.57 Å². The molecule has 3 rings (SSSR count). The Hall–Kier alpha value is -3.09. The lowest BCUT2D eigenvalue weighted by molar-refractivity contribution is 0.389. The van der Waals surface area contributed by atoms with Crippen molar-refractivity contribution >= 4 is 5.69 Å². The van der Waals surface area contributed by atoms with Crippen LogP contribution in [0.25, 0.3) is 11.1 Å². The van der Waals surface area contributed by atoms with Crippen LogP contribution in [0.15, 0.2) is 65.6 Å². The molecule has 0 saturated heterocycles. The van der Waals surface area contributed by atoms with Gasteiger partial charge in [-0.1, -0.05) is 18.2 Å². The molecular weight excluding hydrogens is 330 g/mol. The number of aromatic nitrogens is 1. The highest BCUT2D eigenvalue weighted by Gasteiger charge is 2.09. The first kappa shape index (κ1) is 17.7. The highest BCUT2D eigenvalue weighted by molar-refractivity contribution is 5.74. The molecule has 1 aromatic heterocycles. The molecule has 0 bridgehead atoms. The number of ether oxygens (including phenoxy) is 1. The fourth-order valence-electron chi connectivity index (χ4n) is 2.84. The highest BCUT2D eigenvalue weighted by Crippen LogP contribution is 2.32. The average Bonchev–Trinajstić information content (AvgIpc) is 2.69. The first-order valence-electron chi connectivity index (χ1n) is 8.21. The van der Waals surface area contributed by atoms with E-state index >= 15 is 0 Å². The summed E-state index contributed by atoms with van der Waals surface area (Å²) in [4.78, 5) is 12.2. The molecular formula is C20H21N3O3. The Morgan fingerprint density at radius 3 is 2.65 bits per heavy atom. The van der Waals surface area contributed by atoms with Gasteiger partial charge in [0, 0.05) is 24.4 Å². The number of hydrogen-bond donors (Lipinski definition) is 3. The van der Waals surface area contributed by atoms with Gasteiger partial charge < -0.3 is 15.0 Å². The van der Waals surface area contributed by atoms with Crippen molar-refractivity contribution < 1.29 is 9.94 Å². The Bertz CT molecular complexity index is 967. The Balaban J connectivity index is 1.98. The van der Waals surface area contributed by atoms with Crippen molar-refractivity contribution in [2.45, 2.75) is 13.1 Å². The highest BCUT2D eigenvalue weighted by atomic mass is 16.5. The van der Waals surface area contributed by atoms with Crippen molar-refractivity contribution in [3.05, 3.63) is 82.3 Å². The van der Waals surface area contributed by atoms with Gasteiger partial charge in [-0.3, -0.25) is 15.5 Å². The topological polar surface area (TPSA) is 89.5 Å². The van der Waals surface area contributed by atoms with E-state index in [9.17, 15) is 4.79 Å². The Morgan fingerprint density at radius 2 is 1.96 bits per heavy atom. The van der Waals surface area contributed by atoms with E-state index in [1.54, 1.807) is 30.0 Å². The standard InChI is InChI=1S/C20H21N3O3/c1-26-19-6-5-15(13-23-8-7-14(12-21)10-20(23)24)9-18(19)16-3-2-4-17(11-16)22-25/h2-11,22,25H,12-13,21H2,1H3. The van der Waals surface area contributed by atoms with Crippen LogP contribution in [0.2, 0.25) is 0 Å². The molecule has 26 heavy (non-hydrogen) atoms. The lowest BCUT2D eigenvalue weighted by Gasteiger charge is -2.13. The lowest BCUT2D eigenvalue weighted by atomic mass is 10.0. The Kier molecular flexibility index (Phi) is 5.36. The van der Waals surface area contributed by atoms with E-state index in [2.05, 4.69) is 5.48 Å². The van der Waals surface area contributed by atoms with E-state index in [4.69, 9.17) is 15.7 Å². The summed E-state index contributed by atoms with van der Waals surface area (Å²) in [6.07, 6.45) is 1.75. The maximum atomic E-state index is 12.2. The Labute approximate surface area is 151 Å². The molecule has 0 fully saturated rings. The van der Waals surface area contributed by atoms with Crippen LogP contribution in [0.4, 0.5) is 5.69 Å². The van der Waals surface area contributed by atoms with Crippen molar-refractivity contribution in [3.63, 3.8) is 0 Å². The number of nitrogens with two attached hydrogens (primary N) is 1. The molecule has 3 aromatic rings. The molecule has 0 amide bonds. The van der Waals surface area contributed by atoms with E-state index < -0.39 is 0 Å². The third-order valence-electron chi connectivity index (χ3n) is 4.22. The summed E-state index contributed by atoms with van der Waals surface area (Å²) in [5.41, 5.74) is 11.8.